The molecule has 13 heavy (non-hydrogen) atoms. The van der Waals surface area contributed by atoms with Crippen LogP contribution in [-0.2, 0) is 4.74 Å². The zero-order valence-electron chi connectivity index (χ0n) is 8.83. The fourth-order valence-corrected chi connectivity index (χ4v) is 2.65. The average Bonchev–Trinajstić information content (AvgIpc) is 2.13. The SMILES string of the molecule is COC1CCCN(C2CC(C)C2)C1. The van der Waals surface area contributed by atoms with Crippen molar-refractivity contribution in [3.63, 3.8) is 0 Å². The van der Waals surface area contributed by atoms with Gasteiger partial charge < -0.3 is 4.74 Å². The van der Waals surface area contributed by atoms with Gasteiger partial charge in [0.25, 0.3) is 0 Å². The molecule has 2 aliphatic rings. The van der Waals surface area contributed by atoms with Crippen molar-refractivity contribution in [1.29, 1.82) is 0 Å². The minimum Gasteiger partial charge on any atom is -0.380 e. The quantitative estimate of drug-likeness (QED) is 0.648. The van der Waals surface area contributed by atoms with Crippen molar-refractivity contribution in [2.45, 2.75) is 44.8 Å². The summed E-state index contributed by atoms with van der Waals surface area (Å²) in [4.78, 5) is 2.64. The minimum absolute atomic E-state index is 0.504. The van der Waals surface area contributed by atoms with Gasteiger partial charge in [0.05, 0.1) is 6.10 Å². The molecule has 2 nitrogen and oxygen atoms in total. The monoisotopic (exact) mass is 183 g/mol. The van der Waals surface area contributed by atoms with Gasteiger partial charge in [-0.2, -0.15) is 0 Å². The largest absolute Gasteiger partial charge is 0.380 e. The van der Waals surface area contributed by atoms with Gasteiger partial charge in [0.1, 0.15) is 0 Å². The van der Waals surface area contributed by atoms with E-state index in [0.29, 0.717) is 6.10 Å². The van der Waals surface area contributed by atoms with Gasteiger partial charge in [0, 0.05) is 19.7 Å². The molecule has 0 aromatic heterocycles. The van der Waals surface area contributed by atoms with Crippen LogP contribution in [0.25, 0.3) is 0 Å². The molecule has 1 atom stereocenters. The van der Waals surface area contributed by atoms with E-state index in [9.17, 15) is 0 Å². The fraction of sp³-hybridized carbons (Fsp3) is 1.00. The standard InChI is InChI=1S/C11H21NO/c1-9-6-10(7-9)12-5-3-4-11(8-12)13-2/h9-11H,3-8H2,1-2H3. The molecule has 76 valence electrons. The van der Waals surface area contributed by atoms with Gasteiger partial charge >= 0.3 is 0 Å². The number of piperidine rings is 1. The van der Waals surface area contributed by atoms with Crippen LogP contribution in [0.1, 0.15) is 32.6 Å². The van der Waals surface area contributed by atoms with Gasteiger partial charge in [0.2, 0.25) is 0 Å². The first-order valence-electron chi connectivity index (χ1n) is 5.56. The Kier molecular flexibility index (Phi) is 2.89. The van der Waals surface area contributed by atoms with Crippen molar-refractivity contribution in [2.75, 3.05) is 20.2 Å². The van der Waals surface area contributed by atoms with Crippen LogP contribution in [0.4, 0.5) is 0 Å². The molecule has 0 N–H and O–H groups in total. The molecule has 0 spiro atoms. The summed E-state index contributed by atoms with van der Waals surface area (Å²) in [6.45, 7) is 4.83. The van der Waals surface area contributed by atoms with Gasteiger partial charge in [-0.15, -0.1) is 0 Å². The van der Waals surface area contributed by atoms with Crippen LogP contribution in [-0.4, -0.2) is 37.2 Å². The lowest BCUT2D eigenvalue weighted by molar-refractivity contribution is -0.0125. The molecule has 1 saturated heterocycles. The van der Waals surface area contributed by atoms with E-state index in [2.05, 4.69) is 11.8 Å². The van der Waals surface area contributed by atoms with Crippen molar-refractivity contribution in [3.05, 3.63) is 0 Å². The third-order valence-corrected chi connectivity index (χ3v) is 3.61. The molecule has 2 heteroatoms. The molecular weight excluding hydrogens is 162 g/mol. The zero-order valence-corrected chi connectivity index (χ0v) is 8.83. The highest BCUT2D eigenvalue weighted by Gasteiger charge is 2.33. The molecule has 2 rings (SSSR count). The molecule has 1 heterocycles. The Bertz CT molecular complexity index is 165. The Balaban J connectivity index is 1.79. The molecule has 1 aliphatic carbocycles. The third kappa shape index (κ3) is 2.05. The fourth-order valence-electron chi connectivity index (χ4n) is 2.65. The summed E-state index contributed by atoms with van der Waals surface area (Å²) in [5, 5.41) is 0. The van der Waals surface area contributed by atoms with Gasteiger partial charge in [-0.25, -0.2) is 0 Å². The summed E-state index contributed by atoms with van der Waals surface area (Å²) in [6.07, 6.45) is 5.91. The second-order valence-corrected chi connectivity index (χ2v) is 4.73. The molecule has 0 aromatic carbocycles. The van der Waals surface area contributed by atoms with Crippen LogP contribution >= 0.6 is 0 Å². The molecule has 1 saturated carbocycles. The number of nitrogens with zero attached hydrogens (tertiary/aromatic N) is 1. The molecule has 0 bridgehead atoms. The normalized spacial score (nSPS) is 41.5. The lowest BCUT2D eigenvalue weighted by Gasteiger charge is -2.45. The van der Waals surface area contributed by atoms with Crippen LogP contribution in [0, 0.1) is 5.92 Å². The van der Waals surface area contributed by atoms with E-state index in [1.54, 1.807) is 0 Å². The zero-order chi connectivity index (χ0) is 9.26. The lowest BCUT2D eigenvalue weighted by atomic mass is 9.80. The molecule has 0 aromatic rings. The summed E-state index contributed by atoms with van der Waals surface area (Å²) in [5.41, 5.74) is 0. The molecule has 2 fully saturated rings. The molecule has 1 aliphatic heterocycles. The van der Waals surface area contributed by atoms with E-state index in [1.807, 2.05) is 7.11 Å². The average molecular weight is 183 g/mol. The second-order valence-electron chi connectivity index (χ2n) is 4.73. The number of ether oxygens (including phenoxy) is 1. The van der Waals surface area contributed by atoms with Gasteiger partial charge in [0.15, 0.2) is 0 Å². The second kappa shape index (κ2) is 3.97. The maximum atomic E-state index is 5.43. The highest BCUT2D eigenvalue weighted by Crippen LogP contribution is 2.32. The Morgan fingerprint density at radius 3 is 2.69 bits per heavy atom. The molecular formula is C11H21NO. The van der Waals surface area contributed by atoms with Crippen molar-refractivity contribution < 1.29 is 4.74 Å². The van der Waals surface area contributed by atoms with E-state index in [0.717, 1.165) is 12.0 Å². The number of likely N-dealkylation sites (tertiary alicyclic amines) is 1. The van der Waals surface area contributed by atoms with Crippen molar-refractivity contribution >= 4 is 0 Å². The number of rotatable bonds is 2. The van der Waals surface area contributed by atoms with Crippen LogP contribution in [0.2, 0.25) is 0 Å². The minimum atomic E-state index is 0.504. The van der Waals surface area contributed by atoms with Crippen LogP contribution in [0.15, 0.2) is 0 Å². The van der Waals surface area contributed by atoms with Crippen molar-refractivity contribution in [2.24, 2.45) is 5.92 Å². The Morgan fingerprint density at radius 2 is 2.08 bits per heavy atom. The lowest BCUT2D eigenvalue weighted by Crippen LogP contribution is -2.50. The number of methoxy groups -OCH3 is 1. The van der Waals surface area contributed by atoms with E-state index in [1.165, 1.54) is 38.8 Å². The topological polar surface area (TPSA) is 12.5 Å². The Morgan fingerprint density at radius 1 is 1.31 bits per heavy atom. The number of hydrogen-bond donors (Lipinski definition) is 0. The molecule has 1 unspecified atom stereocenters. The van der Waals surface area contributed by atoms with Gasteiger partial charge in [-0.05, 0) is 38.1 Å². The van der Waals surface area contributed by atoms with Gasteiger partial charge in [-0.1, -0.05) is 6.92 Å². The van der Waals surface area contributed by atoms with Crippen molar-refractivity contribution in [1.82, 2.24) is 4.90 Å². The summed E-state index contributed by atoms with van der Waals surface area (Å²) < 4.78 is 5.43. The van der Waals surface area contributed by atoms with E-state index < -0.39 is 0 Å². The maximum Gasteiger partial charge on any atom is 0.0698 e. The van der Waals surface area contributed by atoms with E-state index in [-0.39, 0.29) is 0 Å². The van der Waals surface area contributed by atoms with Crippen LogP contribution in [0.3, 0.4) is 0 Å². The highest BCUT2D eigenvalue weighted by atomic mass is 16.5. The van der Waals surface area contributed by atoms with Crippen LogP contribution in [0.5, 0.6) is 0 Å². The highest BCUT2D eigenvalue weighted by molar-refractivity contribution is 4.87. The summed E-state index contributed by atoms with van der Waals surface area (Å²) >= 11 is 0. The number of hydrogen-bond acceptors (Lipinski definition) is 2. The van der Waals surface area contributed by atoms with Crippen LogP contribution < -0.4 is 0 Å². The Labute approximate surface area is 81.3 Å². The smallest absolute Gasteiger partial charge is 0.0698 e. The maximum absolute atomic E-state index is 5.43. The third-order valence-electron chi connectivity index (χ3n) is 3.61. The summed E-state index contributed by atoms with van der Waals surface area (Å²) in [5.74, 6) is 0.966. The predicted octanol–water partition coefficient (Wildman–Crippen LogP) is 1.90. The van der Waals surface area contributed by atoms with Crippen molar-refractivity contribution in [3.8, 4) is 0 Å². The molecule has 0 amide bonds. The first-order chi connectivity index (χ1) is 6.29. The van der Waals surface area contributed by atoms with E-state index >= 15 is 0 Å². The predicted molar refractivity (Wildman–Crippen MR) is 53.8 cm³/mol. The Hall–Kier alpha value is -0.0800. The summed E-state index contributed by atoms with van der Waals surface area (Å²) in [7, 11) is 1.84. The van der Waals surface area contributed by atoms with Gasteiger partial charge in [-0.3, -0.25) is 4.90 Å². The first kappa shape index (κ1) is 9.47. The summed E-state index contributed by atoms with van der Waals surface area (Å²) in [6, 6.07) is 0.882. The first-order valence-corrected chi connectivity index (χ1v) is 5.56. The van der Waals surface area contributed by atoms with E-state index in [4.69, 9.17) is 4.74 Å². The molecule has 0 radical (unpaired) electrons.